The van der Waals surface area contributed by atoms with Gasteiger partial charge in [0, 0.05) is 6.04 Å². The molecule has 0 saturated heterocycles. The topological polar surface area (TPSA) is 60.2 Å². The molecule has 82 valence electrons. The summed E-state index contributed by atoms with van der Waals surface area (Å²) in [6, 6.07) is 3.26. The first-order chi connectivity index (χ1) is 6.92. The van der Waals surface area contributed by atoms with Crippen molar-refractivity contribution < 1.29 is 12.8 Å². The van der Waals surface area contributed by atoms with E-state index in [4.69, 9.17) is 5.73 Å². The monoisotopic (exact) mass is 229 g/mol. The predicted octanol–water partition coefficient (Wildman–Crippen LogP) is 1.25. The normalized spacial score (nSPS) is 28.5. The van der Waals surface area contributed by atoms with Crippen LogP contribution in [-0.2, 0) is 9.84 Å². The van der Waals surface area contributed by atoms with E-state index in [0.717, 1.165) is 6.07 Å². The average molecular weight is 229 g/mol. The molecule has 0 radical (unpaired) electrons. The van der Waals surface area contributed by atoms with E-state index < -0.39 is 21.7 Å². The Morgan fingerprint density at radius 1 is 1.47 bits per heavy atom. The second-order valence-electron chi connectivity index (χ2n) is 3.97. The zero-order valence-electron chi connectivity index (χ0n) is 8.27. The highest BCUT2D eigenvalue weighted by Gasteiger charge is 2.33. The summed E-state index contributed by atoms with van der Waals surface area (Å²) in [5.74, 6) is -0.593. The first-order valence-corrected chi connectivity index (χ1v) is 6.35. The van der Waals surface area contributed by atoms with Gasteiger partial charge in [0.25, 0.3) is 0 Å². The van der Waals surface area contributed by atoms with Crippen molar-refractivity contribution in [2.24, 2.45) is 11.7 Å². The first kappa shape index (κ1) is 10.6. The molecule has 0 spiro atoms. The molecule has 2 rings (SSSR count). The number of sulfone groups is 1. The fourth-order valence-electron chi connectivity index (χ4n) is 1.91. The van der Waals surface area contributed by atoms with E-state index in [1.807, 2.05) is 0 Å². The summed E-state index contributed by atoms with van der Waals surface area (Å²) in [4.78, 5) is 0.175. The summed E-state index contributed by atoms with van der Waals surface area (Å²) in [5.41, 5.74) is 6.25. The van der Waals surface area contributed by atoms with Gasteiger partial charge >= 0.3 is 0 Å². The van der Waals surface area contributed by atoms with Crippen molar-refractivity contribution in [3.63, 3.8) is 0 Å². The zero-order valence-corrected chi connectivity index (χ0v) is 9.09. The molecule has 0 amide bonds. The molecule has 15 heavy (non-hydrogen) atoms. The van der Waals surface area contributed by atoms with Gasteiger partial charge in [-0.15, -0.1) is 0 Å². The van der Waals surface area contributed by atoms with Gasteiger partial charge in [0.2, 0.25) is 0 Å². The van der Waals surface area contributed by atoms with Crippen molar-refractivity contribution in [2.75, 3.05) is 5.75 Å². The smallest absolute Gasteiger partial charge is 0.179 e. The van der Waals surface area contributed by atoms with E-state index in [0.29, 0.717) is 5.56 Å². The molecular formula is C10H12FNO2S. The lowest BCUT2D eigenvalue weighted by Gasteiger charge is -2.28. The van der Waals surface area contributed by atoms with Crippen LogP contribution >= 0.6 is 0 Å². The molecule has 0 bridgehead atoms. The molecule has 1 heterocycles. The number of rotatable bonds is 0. The number of hydrogen-bond donors (Lipinski definition) is 1. The number of nitrogens with two attached hydrogens (primary N) is 1. The molecular weight excluding hydrogens is 217 g/mol. The molecule has 0 aromatic heterocycles. The maximum absolute atomic E-state index is 13.0. The van der Waals surface area contributed by atoms with E-state index in [2.05, 4.69) is 0 Å². The van der Waals surface area contributed by atoms with Crippen LogP contribution in [0.4, 0.5) is 4.39 Å². The van der Waals surface area contributed by atoms with E-state index in [9.17, 15) is 12.8 Å². The Morgan fingerprint density at radius 2 is 2.13 bits per heavy atom. The van der Waals surface area contributed by atoms with Gasteiger partial charge in [-0.25, -0.2) is 12.8 Å². The lowest BCUT2D eigenvalue weighted by molar-refractivity contribution is 0.475. The number of fused-ring (bicyclic) bond motifs is 1. The number of hydrogen-bond acceptors (Lipinski definition) is 3. The van der Waals surface area contributed by atoms with Crippen LogP contribution in [0.25, 0.3) is 0 Å². The number of halogens is 1. The van der Waals surface area contributed by atoms with E-state index in [-0.39, 0.29) is 16.6 Å². The lowest BCUT2D eigenvalue weighted by atomic mass is 9.96. The van der Waals surface area contributed by atoms with Crippen molar-refractivity contribution in [1.82, 2.24) is 0 Å². The highest BCUT2D eigenvalue weighted by atomic mass is 32.2. The quantitative estimate of drug-likeness (QED) is 0.681. The minimum atomic E-state index is -3.29. The summed E-state index contributed by atoms with van der Waals surface area (Å²) in [6.07, 6.45) is 0. The van der Waals surface area contributed by atoms with E-state index in [1.54, 1.807) is 6.92 Å². The van der Waals surface area contributed by atoms with Crippen molar-refractivity contribution in [3.05, 3.63) is 29.6 Å². The minimum Gasteiger partial charge on any atom is -0.324 e. The maximum atomic E-state index is 13.0. The first-order valence-electron chi connectivity index (χ1n) is 4.69. The van der Waals surface area contributed by atoms with Gasteiger partial charge < -0.3 is 5.73 Å². The third-order valence-corrected chi connectivity index (χ3v) is 4.77. The fraction of sp³-hybridized carbons (Fsp3) is 0.400. The van der Waals surface area contributed by atoms with Crippen LogP contribution in [0.2, 0.25) is 0 Å². The summed E-state index contributed by atoms with van der Waals surface area (Å²) in [5, 5.41) is 0. The average Bonchev–Trinajstić information content (AvgIpc) is 2.13. The van der Waals surface area contributed by atoms with Crippen LogP contribution in [-0.4, -0.2) is 14.2 Å². The minimum absolute atomic E-state index is 0.0345. The SMILES string of the molecule is CC1CS(=O)(=O)c2ccc(F)cc2C1N. The molecule has 2 atom stereocenters. The van der Waals surface area contributed by atoms with Crippen molar-refractivity contribution in [2.45, 2.75) is 17.9 Å². The molecule has 1 aliphatic rings. The standard InChI is InChI=1S/C10H12FNO2S/c1-6-5-15(13,14)9-3-2-7(11)4-8(9)10(6)12/h2-4,6,10H,5,12H2,1H3. The summed E-state index contributed by atoms with van der Waals surface area (Å²) >= 11 is 0. The molecule has 5 heteroatoms. The Hall–Kier alpha value is -0.940. The second-order valence-corrected chi connectivity index (χ2v) is 5.97. The Labute approximate surface area is 88.0 Å². The maximum Gasteiger partial charge on any atom is 0.179 e. The van der Waals surface area contributed by atoms with Gasteiger partial charge in [-0.2, -0.15) is 0 Å². The largest absolute Gasteiger partial charge is 0.324 e. The van der Waals surface area contributed by atoms with Gasteiger partial charge in [-0.1, -0.05) is 6.92 Å². The van der Waals surface area contributed by atoms with Gasteiger partial charge in [-0.05, 0) is 29.7 Å². The van der Waals surface area contributed by atoms with Crippen LogP contribution in [0.1, 0.15) is 18.5 Å². The highest BCUT2D eigenvalue weighted by molar-refractivity contribution is 7.91. The predicted molar refractivity (Wildman–Crippen MR) is 54.5 cm³/mol. The van der Waals surface area contributed by atoms with Crippen LogP contribution in [0, 0.1) is 11.7 Å². The van der Waals surface area contributed by atoms with E-state index >= 15 is 0 Å². The molecule has 1 aromatic rings. The van der Waals surface area contributed by atoms with Crippen molar-refractivity contribution in [1.29, 1.82) is 0 Å². The molecule has 1 aromatic carbocycles. The van der Waals surface area contributed by atoms with Gasteiger partial charge in [0.15, 0.2) is 9.84 Å². The summed E-state index contributed by atoms with van der Waals surface area (Å²) in [7, 11) is -3.29. The molecule has 2 N–H and O–H groups in total. The Balaban J connectivity index is 2.70. The summed E-state index contributed by atoms with van der Waals surface area (Å²) < 4.78 is 36.5. The zero-order chi connectivity index (χ0) is 11.2. The third-order valence-electron chi connectivity index (χ3n) is 2.76. The molecule has 0 fully saturated rings. The Kier molecular flexibility index (Phi) is 2.31. The van der Waals surface area contributed by atoms with Crippen LogP contribution in [0.3, 0.4) is 0 Å². The van der Waals surface area contributed by atoms with Gasteiger partial charge in [0.05, 0.1) is 10.6 Å². The van der Waals surface area contributed by atoms with E-state index in [1.165, 1.54) is 12.1 Å². The van der Waals surface area contributed by atoms with Crippen LogP contribution < -0.4 is 5.73 Å². The summed E-state index contributed by atoms with van der Waals surface area (Å²) in [6.45, 7) is 1.76. The fourth-order valence-corrected chi connectivity index (χ4v) is 3.82. The molecule has 2 unspecified atom stereocenters. The lowest BCUT2D eigenvalue weighted by Crippen LogP contribution is -2.32. The number of benzene rings is 1. The van der Waals surface area contributed by atoms with Crippen LogP contribution in [0.5, 0.6) is 0 Å². The molecule has 0 aliphatic carbocycles. The Bertz CT molecular complexity index is 498. The van der Waals surface area contributed by atoms with Crippen LogP contribution in [0.15, 0.2) is 23.1 Å². The van der Waals surface area contributed by atoms with Gasteiger partial charge in [-0.3, -0.25) is 0 Å². The van der Waals surface area contributed by atoms with Gasteiger partial charge in [0.1, 0.15) is 5.82 Å². The molecule has 3 nitrogen and oxygen atoms in total. The molecule has 0 saturated carbocycles. The van der Waals surface area contributed by atoms with Crippen molar-refractivity contribution in [3.8, 4) is 0 Å². The van der Waals surface area contributed by atoms with Crippen molar-refractivity contribution >= 4 is 9.84 Å². The third kappa shape index (κ3) is 1.66. The Morgan fingerprint density at radius 3 is 2.80 bits per heavy atom. The molecule has 1 aliphatic heterocycles. The highest BCUT2D eigenvalue weighted by Crippen LogP contribution is 2.34. The second kappa shape index (κ2) is 3.28.